The van der Waals surface area contributed by atoms with Crippen LogP contribution in [-0.2, 0) is 9.59 Å². The van der Waals surface area contributed by atoms with E-state index in [1.165, 1.54) is 11.8 Å². The van der Waals surface area contributed by atoms with Gasteiger partial charge >= 0.3 is 5.97 Å². The number of nitrogens with zero attached hydrogens (tertiary/aromatic N) is 1. The first kappa shape index (κ1) is 10.8. The largest absolute Gasteiger partial charge is 0.479 e. The predicted molar refractivity (Wildman–Crippen MR) is 51.8 cm³/mol. The van der Waals surface area contributed by atoms with Crippen molar-refractivity contribution in [2.75, 3.05) is 6.54 Å². The fourth-order valence-electron chi connectivity index (χ4n) is 2.10. The van der Waals surface area contributed by atoms with Gasteiger partial charge in [0.1, 0.15) is 5.54 Å². The first-order valence-electron chi connectivity index (χ1n) is 4.67. The smallest absolute Gasteiger partial charge is 0.329 e. The Morgan fingerprint density at radius 1 is 1.64 bits per heavy atom. The molecule has 1 saturated heterocycles. The first-order chi connectivity index (χ1) is 6.54. The van der Waals surface area contributed by atoms with Crippen molar-refractivity contribution in [2.45, 2.75) is 31.7 Å². The Kier molecular flexibility index (Phi) is 2.93. The molecule has 1 amide bonds. The molecule has 0 radical (unpaired) electrons. The highest BCUT2D eigenvalue weighted by Gasteiger charge is 2.47. The highest BCUT2D eigenvalue weighted by atomic mass is 16.4. The van der Waals surface area contributed by atoms with Gasteiger partial charge in [0.05, 0.1) is 0 Å². The van der Waals surface area contributed by atoms with Gasteiger partial charge in [0.15, 0.2) is 0 Å². The second kappa shape index (κ2) is 3.82. The summed E-state index contributed by atoms with van der Waals surface area (Å²) in [6.45, 7) is 5.49. The number of aliphatic carboxylic acids is 1. The summed E-state index contributed by atoms with van der Waals surface area (Å²) in [4.78, 5) is 23.9. The number of amides is 1. The number of hydrogen-bond donors (Lipinski definition) is 1. The van der Waals surface area contributed by atoms with Gasteiger partial charge < -0.3 is 10.0 Å². The molecule has 1 atom stereocenters. The summed E-state index contributed by atoms with van der Waals surface area (Å²) in [5, 5.41) is 9.17. The van der Waals surface area contributed by atoms with Crippen molar-refractivity contribution in [2.24, 2.45) is 0 Å². The summed E-state index contributed by atoms with van der Waals surface area (Å²) in [6, 6.07) is 0. The zero-order valence-corrected chi connectivity index (χ0v) is 8.32. The molecule has 1 unspecified atom stereocenters. The van der Waals surface area contributed by atoms with Gasteiger partial charge in [0.2, 0.25) is 5.91 Å². The topological polar surface area (TPSA) is 57.6 Å². The van der Waals surface area contributed by atoms with Crippen LogP contribution in [0.1, 0.15) is 26.2 Å². The second-order valence-electron chi connectivity index (χ2n) is 3.60. The Balaban J connectivity index is 3.00. The Labute approximate surface area is 83.2 Å². The van der Waals surface area contributed by atoms with E-state index in [1.54, 1.807) is 6.08 Å². The lowest BCUT2D eigenvalue weighted by Crippen LogP contribution is -2.52. The average Bonchev–Trinajstić information content (AvgIpc) is 2.50. The second-order valence-corrected chi connectivity index (χ2v) is 3.60. The molecule has 1 heterocycles. The van der Waals surface area contributed by atoms with Crippen molar-refractivity contribution >= 4 is 11.9 Å². The molecule has 14 heavy (non-hydrogen) atoms. The summed E-state index contributed by atoms with van der Waals surface area (Å²) < 4.78 is 0. The minimum Gasteiger partial charge on any atom is -0.479 e. The monoisotopic (exact) mass is 197 g/mol. The Bertz CT molecular complexity index is 275. The molecule has 1 rings (SSSR count). The molecule has 1 aliphatic heterocycles. The molecule has 4 heteroatoms. The molecular formula is C10H15NO3. The van der Waals surface area contributed by atoms with E-state index in [0.717, 1.165) is 6.42 Å². The van der Waals surface area contributed by atoms with Crippen LogP contribution in [0.3, 0.4) is 0 Å². The van der Waals surface area contributed by atoms with Gasteiger partial charge in [-0.1, -0.05) is 6.08 Å². The molecule has 0 saturated carbocycles. The SMILES string of the molecule is C=CCC1(C(=O)O)CCCN1C(C)=O. The Morgan fingerprint density at radius 2 is 2.29 bits per heavy atom. The van der Waals surface area contributed by atoms with Crippen LogP contribution in [0.2, 0.25) is 0 Å². The quantitative estimate of drug-likeness (QED) is 0.687. The molecule has 1 N–H and O–H groups in total. The number of carbonyl (C=O) groups excluding carboxylic acids is 1. The van der Waals surface area contributed by atoms with E-state index in [4.69, 9.17) is 0 Å². The third-order valence-electron chi connectivity index (χ3n) is 2.75. The van der Waals surface area contributed by atoms with E-state index in [9.17, 15) is 14.7 Å². The minimum absolute atomic E-state index is 0.174. The first-order valence-corrected chi connectivity index (χ1v) is 4.67. The molecule has 78 valence electrons. The molecule has 1 fully saturated rings. The van der Waals surface area contributed by atoms with Crippen LogP contribution in [0.5, 0.6) is 0 Å². The molecule has 0 aromatic rings. The van der Waals surface area contributed by atoms with Gasteiger partial charge in [-0.2, -0.15) is 0 Å². The highest BCUT2D eigenvalue weighted by molar-refractivity contribution is 5.87. The number of carbonyl (C=O) groups is 2. The van der Waals surface area contributed by atoms with Crippen LogP contribution < -0.4 is 0 Å². The van der Waals surface area contributed by atoms with Crippen molar-refractivity contribution in [3.05, 3.63) is 12.7 Å². The van der Waals surface area contributed by atoms with Gasteiger partial charge in [0.25, 0.3) is 0 Å². The third-order valence-corrected chi connectivity index (χ3v) is 2.75. The van der Waals surface area contributed by atoms with Gasteiger partial charge in [-0.25, -0.2) is 4.79 Å². The van der Waals surface area contributed by atoms with Crippen LogP contribution in [0.15, 0.2) is 12.7 Å². The van der Waals surface area contributed by atoms with Crippen LogP contribution in [0, 0.1) is 0 Å². The minimum atomic E-state index is -1.03. The van der Waals surface area contributed by atoms with Gasteiger partial charge in [-0.05, 0) is 19.3 Å². The van der Waals surface area contributed by atoms with Crippen LogP contribution in [0.25, 0.3) is 0 Å². The lowest BCUT2D eigenvalue weighted by atomic mass is 9.92. The third kappa shape index (κ3) is 1.52. The lowest BCUT2D eigenvalue weighted by molar-refractivity contribution is -0.155. The molecular weight excluding hydrogens is 182 g/mol. The summed E-state index contributed by atoms with van der Waals surface area (Å²) in [5.74, 6) is -1.10. The Morgan fingerprint density at radius 3 is 2.71 bits per heavy atom. The molecule has 4 nitrogen and oxygen atoms in total. The van der Waals surface area contributed by atoms with Gasteiger partial charge in [-0.3, -0.25) is 4.79 Å². The molecule has 0 aliphatic carbocycles. The average molecular weight is 197 g/mol. The zero-order chi connectivity index (χ0) is 10.8. The van der Waals surface area contributed by atoms with Crippen LogP contribution in [0.4, 0.5) is 0 Å². The summed E-state index contributed by atoms with van der Waals surface area (Å²) >= 11 is 0. The van der Waals surface area contributed by atoms with E-state index in [1.807, 2.05) is 0 Å². The lowest BCUT2D eigenvalue weighted by Gasteiger charge is -2.33. The van der Waals surface area contributed by atoms with E-state index < -0.39 is 11.5 Å². The normalized spacial score (nSPS) is 26.2. The maximum atomic E-state index is 11.3. The molecule has 0 spiro atoms. The standard InChI is InChI=1S/C10H15NO3/c1-3-5-10(9(13)14)6-4-7-11(10)8(2)12/h3H,1,4-7H2,2H3,(H,13,14). The van der Waals surface area contributed by atoms with Crippen molar-refractivity contribution in [3.63, 3.8) is 0 Å². The van der Waals surface area contributed by atoms with E-state index in [-0.39, 0.29) is 5.91 Å². The number of carboxylic acid groups (broad SMARTS) is 1. The van der Waals surface area contributed by atoms with E-state index in [2.05, 4.69) is 6.58 Å². The number of carboxylic acids is 1. The summed E-state index contributed by atoms with van der Waals surface area (Å²) in [6.07, 6.45) is 3.16. The maximum Gasteiger partial charge on any atom is 0.329 e. The van der Waals surface area contributed by atoms with Crippen molar-refractivity contribution in [1.82, 2.24) is 4.90 Å². The van der Waals surface area contributed by atoms with Gasteiger partial charge in [-0.15, -0.1) is 6.58 Å². The summed E-state index contributed by atoms with van der Waals surface area (Å²) in [5.41, 5.74) is -1.03. The fraction of sp³-hybridized carbons (Fsp3) is 0.600. The highest BCUT2D eigenvalue weighted by Crippen LogP contribution is 2.33. The summed E-state index contributed by atoms with van der Waals surface area (Å²) in [7, 11) is 0. The van der Waals surface area contributed by atoms with Crippen LogP contribution >= 0.6 is 0 Å². The molecule has 1 aliphatic rings. The van der Waals surface area contributed by atoms with E-state index >= 15 is 0 Å². The number of hydrogen-bond acceptors (Lipinski definition) is 2. The zero-order valence-electron chi connectivity index (χ0n) is 8.32. The molecule has 0 bridgehead atoms. The predicted octanol–water partition coefficient (Wildman–Crippen LogP) is 1.03. The van der Waals surface area contributed by atoms with Crippen molar-refractivity contribution in [3.8, 4) is 0 Å². The van der Waals surface area contributed by atoms with E-state index in [0.29, 0.717) is 19.4 Å². The van der Waals surface area contributed by atoms with Gasteiger partial charge in [0, 0.05) is 13.5 Å². The fourth-order valence-corrected chi connectivity index (χ4v) is 2.10. The number of likely N-dealkylation sites (tertiary alicyclic amines) is 1. The maximum absolute atomic E-state index is 11.3. The molecule has 0 aromatic heterocycles. The van der Waals surface area contributed by atoms with Crippen molar-refractivity contribution in [1.29, 1.82) is 0 Å². The molecule has 0 aromatic carbocycles. The Hall–Kier alpha value is -1.32. The van der Waals surface area contributed by atoms with Crippen molar-refractivity contribution < 1.29 is 14.7 Å². The number of rotatable bonds is 3. The van der Waals surface area contributed by atoms with Crippen LogP contribution in [-0.4, -0.2) is 34.0 Å².